The molecule has 0 bridgehead atoms. The van der Waals surface area contributed by atoms with Gasteiger partial charge in [0, 0.05) is 12.6 Å². The number of benzene rings is 1. The van der Waals surface area contributed by atoms with Crippen LogP contribution in [0, 0.1) is 11.3 Å². The summed E-state index contributed by atoms with van der Waals surface area (Å²) >= 11 is 0. The molecule has 0 amide bonds. The second kappa shape index (κ2) is 9.35. The zero-order chi connectivity index (χ0) is 14.8. The van der Waals surface area contributed by atoms with Gasteiger partial charge in [0.15, 0.2) is 0 Å². The molecule has 2 atom stereocenters. The van der Waals surface area contributed by atoms with Crippen LogP contribution in [0.15, 0.2) is 24.3 Å². The molecule has 1 rings (SSSR count). The van der Waals surface area contributed by atoms with Crippen molar-refractivity contribution in [3.8, 4) is 11.8 Å². The Morgan fingerprint density at radius 2 is 2.25 bits per heavy atom. The van der Waals surface area contributed by atoms with Crippen LogP contribution < -0.4 is 10.1 Å². The van der Waals surface area contributed by atoms with Gasteiger partial charge in [-0.3, -0.25) is 0 Å². The minimum Gasteiger partial charge on any atom is -0.491 e. The number of aliphatic hydroxyl groups is 1. The highest BCUT2D eigenvalue weighted by Crippen LogP contribution is 2.12. The van der Waals surface area contributed by atoms with Gasteiger partial charge in [0.2, 0.25) is 0 Å². The minimum absolute atomic E-state index is 0.225. The van der Waals surface area contributed by atoms with Crippen LogP contribution in [0.1, 0.15) is 38.7 Å². The number of ether oxygens (including phenoxy) is 1. The van der Waals surface area contributed by atoms with Gasteiger partial charge in [0.25, 0.3) is 0 Å². The maximum Gasteiger partial charge on any atom is 0.120 e. The molecule has 4 heteroatoms. The van der Waals surface area contributed by atoms with E-state index in [2.05, 4.69) is 25.2 Å². The van der Waals surface area contributed by atoms with Crippen molar-refractivity contribution < 1.29 is 9.84 Å². The summed E-state index contributed by atoms with van der Waals surface area (Å²) in [6.07, 6.45) is 2.95. The van der Waals surface area contributed by atoms with E-state index in [1.165, 1.54) is 12.8 Å². The van der Waals surface area contributed by atoms with Gasteiger partial charge in [0.05, 0.1) is 11.6 Å². The zero-order valence-electron chi connectivity index (χ0n) is 12.3. The van der Waals surface area contributed by atoms with Gasteiger partial charge < -0.3 is 15.2 Å². The number of nitriles is 1. The van der Waals surface area contributed by atoms with E-state index >= 15 is 0 Å². The number of nitrogens with one attached hydrogen (secondary N) is 1. The van der Waals surface area contributed by atoms with E-state index in [-0.39, 0.29) is 6.61 Å². The predicted molar refractivity (Wildman–Crippen MR) is 79.6 cm³/mol. The predicted octanol–water partition coefficient (Wildman–Crippen LogP) is 2.47. The van der Waals surface area contributed by atoms with Crippen molar-refractivity contribution in [2.75, 3.05) is 13.2 Å². The molecule has 0 saturated carbocycles. The average molecular weight is 276 g/mol. The van der Waals surface area contributed by atoms with E-state index in [4.69, 9.17) is 10.00 Å². The Kier molecular flexibility index (Phi) is 7.71. The minimum atomic E-state index is -0.551. The Hall–Kier alpha value is -1.57. The highest BCUT2D eigenvalue weighted by molar-refractivity contribution is 5.36. The molecule has 110 valence electrons. The Morgan fingerprint density at radius 3 is 2.95 bits per heavy atom. The fourth-order valence-corrected chi connectivity index (χ4v) is 1.86. The van der Waals surface area contributed by atoms with E-state index < -0.39 is 6.10 Å². The van der Waals surface area contributed by atoms with Crippen molar-refractivity contribution in [1.82, 2.24) is 5.32 Å². The first kappa shape index (κ1) is 16.5. The summed E-state index contributed by atoms with van der Waals surface area (Å²) in [5, 5.41) is 21.9. The number of hydrogen-bond acceptors (Lipinski definition) is 4. The van der Waals surface area contributed by atoms with Crippen LogP contribution in [0.5, 0.6) is 5.75 Å². The summed E-state index contributed by atoms with van der Waals surface area (Å²) in [5.41, 5.74) is 0.559. The van der Waals surface area contributed by atoms with Crippen molar-refractivity contribution in [2.24, 2.45) is 0 Å². The molecule has 0 radical (unpaired) electrons. The molecule has 2 unspecified atom stereocenters. The summed E-state index contributed by atoms with van der Waals surface area (Å²) in [4.78, 5) is 0. The molecular weight excluding hydrogens is 252 g/mol. The van der Waals surface area contributed by atoms with Crippen LogP contribution in [-0.2, 0) is 0 Å². The third-order valence-electron chi connectivity index (χ3n) is 3.10. The van der Waals surface area contributed by atoms with Gasteiger partial charge in [-0.25, -0.2) is 0 Å². The van der Waals surface area contributed by atoms with E-state index in [0.29, 0.717) is 23.9 Å². The third-order valence-corrected chi connectivity index (χ3v) is 3.10. The molecule has 2 N–H and O–H groups in total. The number of nitrogens with zero attached hydrogens (tertiary/aromatic N) is 1. The van der Waals surface area contributed by atoms with Crippen molar-refractivity contribution in [1.29, 1.82) is 5.26 Å². The lowest BCUT2D eigenvalue weighted by atomic mass is 10.1. The SMILES string of the molecule is CCCCC(C)NCC(O)COc1cccc(C#N)c1. The van der Waals surface area contributed by atoms with Crippen molar-refractivity contribution >= 4 is 0 Å². The lowest BCUT2D eigenvalue weighted by molar-refractivity contribution is 0.104. The Labute approximate surface area is 121 Å². The molecule has 0 aliphatic rings. The maximum atomic E-state index is 9.86. The first-order chi connectivity index (χ1) is 9.65. The molecule has 0 spiro atoms. The number of unbranched alkanes of at least 4 members (excludes halogenated alkanes) is 1. The molecule has 0 saturated heterocycles. The summed E-state index contributed by atoms with van der Waals surface area (Å²) in [6.45, 7) is 5.04. The topological polar surface area (TPSA) is 65.3 Å². The van der Waals surface area contributed by atoms with Crippen LogP contribution in [0.4, 0.5) is 0 Å². The first-order valence-corrected chi connectivity index (χ1v) is 7.20. The monoisotopic (exact) mass is 276 g/mol. The van der Waals surface area contributed by atoms with Crippen molar-refractivity contribution in [3.63, 3.8) is 0 Å². The standard InChI is InChI=1S/C16H24N2O2/c1-3-4-6-13(2)18-11-15(19)12-20-16-8-5-7-14(9-16)10-17/h5,7-9,13,15,18-19H,3-4,6,11-12H2,1-2H3. The van der Waals surface area contributed by atoms with Gasteiger partial charge in [0.1, 0.15) is 18.5 Å². The second-order valence-corrected chi connectivity index (χ2v) is 5.06. The molecule has 0 heterocycles. The van der Waals surface area contributed by atoms with Crippen LogP contribution in [0.3, 0.4) is 0 Å². The Bertz CT molecular complexity index is 429. The fourth-order valence-electron chi connectivity index (χ4n) is 1.86. The maximum absolute atomic E-state index is 9.86. The molecule has 0 aromatic heterocycles. The average Bonchev–Trinajstić information content (AvgIpc) is 2.49. The van der Waals surface area contributed by atoms with Crippen LogP contribution >= 0.6 is 0 Å². The number of rotatable bonds is 9. The lowest BCUT2D eigenvalue weighted by Crippen LogP contribution is -2.36. The Morgan fingerprint density at radius 1 is 1.45 bits per heavy atom. The van der Waals surface area contributed by atoms with Crippen molar-refractivity contribution in [2.45, 2.75) is 45.3 Å². The van der Waals surface area contributed by atoms with Crippen LogP contribution in [0.2, 0.25) is 0 Å². The number of hydrogen-bond donors (Lipinski definition) is 2. The van der Waals surface area contributed by atoms with Gasteiger partial charge in [-0.05, 0) is 31.5 Å². The fraction of sp³-hybridized carbons (Fsp3) is 0.562. The first-order valence-electron chi connectivity index (χ1n) is 7.20. The van der Waals surface area contributed by atoms with E-state index in [1.807, 2.05) is 0 Å². The smallest absolute Gasteiger partial charge is 0.120 e. The van der Waals surface area contributed by atoms with Gasteiger partial charge in [-0.15, -0.1) is 0 Å². The summed E-state index contributed by atoms with van der Waals surface area (Å²) < 4.78 is 5.48. The van der Waals surface area contributed by atoms with E-state index in [0.717, 1.165) is 6.42 Å². The van der Waals surface area contributed by atoms with Crippen LogP contribution in [-0.4, -0.2) is 30.4 Å². The van der Waals surface area contributed by atoms with Crippen molar-refractivity contribution in [3.05, 3.63) is 29.8 Å². The molecule has 0 aliphatic heterocycles. The normalized spacial score (nSPS) is 13.5. The summed E-state index contributed by atoms with van der Waals surface area (Å²) in [7, 11) is 0. The lowest BCUT2D eigenvalue weighted by Gasteiger charge is -2.17. The largest absolute Gasteiger partial charge is 0.491 e. The Balaban J connectivity index is 2.25. The van der Waals surface area contributed by atoms with Crippen LogP contribution in [0.25, 0.3) is 0 Å². The zero-order valence-corrected chi connectivity index (χ0v) is 12.3. The second-order valence-electron chi connectivity index (χ2n) is 5.06. The number of aliphatic hydroxyl groups excluding tert-OH is 1. The van der Waals surface area contributed by atoms with Gasteiger partial charge >= 0.3 is 0 Å². The van der Waals surface area contributed by atoms with Gasteiger partial charge in [-0.1, -0.05) is 25.8 Å². The molecule has 20 heavy (non-hydrogen) atoms. The molecular formula is C16H24N2O2. The molecule has 0 aliphatic carbocycles. The molecule has 1 aromatic rings. The highest BCUT2D eigenvalue weighted by atomic mass is 16.5. The van der Waals surface area contributed by atoms with Gasteiger partial charge in [-0.2, -0.15) is 5.26 Å². The molecule has 0 fully saturated rings. The summed E-state index contributed by atoms with van der Waals surface area (Å²) in [5.74, 6) is 0.613. The summed E-state index contributed by atoms with van der Waals surface area (Å²) in [6, 6.07) is 9.41. The molecule has 1 aromatic carbocycles. The third kappa shape index (κ3) is 6.55. The highest BCUT2D eigenvalue weighted by Gasteiger charge is 2.08. The van der Waals surface area contributed by atoms with E-state index in [9.17, 15) is 5.11 Å². The quantitative estimate of drug-likeness (QED) is 0.727. The van der Waals surface area contributed by atoms with E-state index in [1.54, 1.807) is 24.3 Å². The molecule has 4 nitrogen and oxygen atoms in total.